The van der Waals surface area contributed by atoms with Crippen molar-refractivity contribution >= 4 is 40.0 Å². The van der Waals surface area contributed by atoms with Crippen LogP contribution in [-0.4, -0.2) is 34.5 Å². The van der Waals surface area contributed by atoms with Gasteiger partial charge < -0.3 is 10.6 Å². The lowest BCUT2D eigenvalue weighted by molar-refractivity contribution is 0.587. The maximum atomic E-state index is 13.2. The van der Waals surface area contributed by atoms with Crippen LogP contribution in [0.3, 0.4) is 0 Å². The van der Waals surface area contributed by atoms with Crippen molar-refractivity contribution in [2.75, 3.05) is 20.1 Å². The van der Waals surface area contributed by atoms with Gasteiger partial charge in [0.15, 0.2) is 5.96 Å². The van der Waals surface area contributed by atoms with E-state index in [2.05, 4.69) is 20.3 Å². The summed E-state index contributed by atoms with van der Waals surface area (Å²) >= 11 is 0. The third kappa shape index (κ3) is 9.55. The molecule has 6 nitrogen and oxygen atoms in total. The van der Waals surface area contributed by atoms with Gasteiger partial charge in [-0.25, -0.2) is 22.5 Å². The largest absolute Gasteiger partial charge is 0.357 e. The molecule has 29 heavy (non-hydrogen) atoms. The fourth-order valence-corrected chi connectivity index (χ4v) is 3.34. The maximum absolute atomic E-state index is 13.2. The van der Waals surface area contributed by atoms with E-state index in [1.165, 1.54) is 19.2 Å². The SMILES string of the molecule is CCNC(=NCc1ccc(CS(=O)(=O)NC)cc1)NCCc1cccc(F)c1.I. The van der Waals surface area contributed by atoms with Crippen LogP contribution in [0.1, 0.15) is 23.6 Å². The molecule has 2 aromatic rings. The second-order valence-electron chi connectivity index (χ2n) is 6.28. The normalized spacial score (nSPS) is 11.6. The van der Waals surface area contributed by atoms with Gasteiger partial charge in [-0.1, -0.05) is 36.4 Å². The lowest BCUT2D eigenvalue weighted by atomic mass is 10.1. The number of benzene rings is 2. The van der Waals surface area contributed by atoms with Crippen molar-refractivity contribution < 1.29 is 12.8 Å². The summed E-state index contributed by atoms with van der Waals surface area (Å²) in [6, 6.07) is 13.9. The molecule has 2 rings (SSSR count). The van der Waals surface area contributed by atoms with E-state index >= 15 is 0 Å². The molecule has 0 saturated heterocycles. The van der Waals surface area contributed by atoms with Gasteiger partial charge in [-0.3, -0.25) is 0 Å². The quantitative estimate of drug-likeness (QED) is 0.263. The van der Waals surface area contributed by atoms with Gasteiger partial charge in [0.25, 0.3) is 0 Å². The van der Waals surface area contributed by atoms with Crippen molar-refractivity contribution in [3.05, 3.63) is 71.0 Å². The molecule has 0 saturated carbocycles. The molecule has 0 aliphatic heterocycles. The van der Waals surface area contributed by atoms with Crippen LogP contribution in [0.25, 0.3) is 0 Å². The van der Waals surface area contributed by atoms with Crippen molar-refractivity contribution in [3.63, 3.8) is 0 Å². The smallest absolute Gasteiger partial charge is 0.215 e. The standard InChI is InChI=1S/C20H27FN4O2S.HI/c1-3-23-20(24-12-11-16-5-4-6-19(21)13-16)25-14-17-7-9-18(10-8-17)15-28(26,27)22-2;/h4-10,13,22H,3,11-12,14-15H2,1-2H3,(H2,23,24,25);1H. The Labute approximate surface area is 189 Å². The van der Waals surface area contributed by atoms with E-state index in [9.17, 15) is 12.8 Å². The van der Waals surface area contributed by atoms with Crippen molar-refractivity contribution in [2.45, 2.75) is 25.6 Å². The molecule has 0 bridgehead atoms. The summed E-state index contributed by atoms with van der Waals surface area (Å²) in [5.74, 6) is 0.405. The number of hydrogen-bond donors (Lipinski definition) is 3. The van der Waals surface area contributed by atoms with Gasteiger partial charge in [-0.15, -0.1) is 24.0 Å². The molecule has 0 amide bonds. The van der Waals surface area contributed by atoms with Crippen molar-refractivity contribution in [3.8, 4) is 0 Å². The molecule has 160 valence electrons. The van der Waals surface area contributed by atoms with Gasteiger partial charge in [-0.05, 0) is 49.2 Å². The summed E-state index contributed by atoms with van der Waals surface area (Å²) < 4.78 is 38.7. The third-order valence-electron chi connectivity index (χ3n) is 4.05. The first-order chi connectivity index (χ1) is 13.4. The van der Waals surface area contributed by atoms with Crippen molar-refractivity contribution in [1.29, 1.82) is 0 Å². The van der Waals surface area contributed by atoms with Crippen LogP contribution in [0.4, 0.5) is 4.39 Å². The van der Waals surface area contributed by atoms with Crippen molar-refractivity contribution in [2.24, 2.45) is 4.99 Å². The molecule has 0 unspecified atom stereocenters. The summed E-state index contributed by atoms with van der Waals surface area (Å²) in [7, 11) is -1.87. The fraction of sp³-hybridized carbons (Fsp3) is 0.350. The number of guanidine groups is 1. The van der Waals surface area contributed by atoms with Crippen LogP contribution in [0, 0.1) is 5.82 Å². The van der Waals surface area contributed by atoms with Gasteiger partial charge >= 0.3 is 0 Å². The summed E-state index contributed by atoms with van der Waals surface area (Å²) in [4.78, 5) is 4.54. The van der Waals surface area contributed by atoms with E-state index in [0.29, 0.717) is 25.5 Å². The molecule has 0 radical (unpaired) electrons. The Morgan fingerprint density at radius 3 is 2.34 bits per heavy atom. The highest BCUT2D eigenvalue weighted by Crippen LogP contribution is 2.09. The van der Waals surface area contributed by atoms with E-state index in [-0.39, 0.29) is 35.5 Å². The molecule has 3 N–H and O–H groups in total. The second-order valence-corrected chi connectivity index (χ2v) is 8.21. The maximum Gasteiger partial charge on any atom is 0.215 e. The number of aliphatic imine (C=N–C) groups is 1. The molecule has 0 spiro atoms. The van der Waals surface area contributed by atoms with Gasteiger partial charge in [-0.2, -0.15) is 0 Å². The van der Waals surface area contributed by atoms with Crippen LogP contribution in [-0.2, 0) is 28.7 Å². The number of nitrogens with zero attached hydrogens (tertiary/aromatic N) is 1. The van der Waals surface area contributed by atoms with E-state index < -0.39 is 10.0 Å². The van der Waals surface area contributed by atoms with E-state index in [1.807, 2.05) is 25.1 Å². The van der Waals surface area contributed by atoms with E-state index in [4.69, 9.17) is 0 Å². The molecule has 9 heteroatoms. The minimum absolute atomic E-state index is 0. The molecule has 0 atom stereocenters. The van der Waals surface area contributed by atoms with Crippen LogP contribution in [0.15, 0.2) is 53.5 Å². The molecule has 0 aliphatic rings. The average Bonchev–Trinajstić information content (AvgIpc) is 2.67. The zero-order valence-electron chi connectivity index (χ0n) is 16.6. The fourth-order valence-electron chi connectivity index (χ4n) is 2.56. The molecular formula is C20H28FIN4O2S. The average molecular weight is 534 g/mol. The monoisotopic (exact) mass is 534 g/mol. The predicted octanol–water partition coefficient (Wildman–Crippen LogP) is 2.79. The van der Waals surface area contributed by atoms with Crippen LogP contribution >= 0.6 is 24.0 Å². The minimum Gasteiger partial charge on any atom is -0.357 e. The van der Waals surface area contributed by atoms with Crippen LogP contribution < -0.4 is 15.4 Å². The van der Waals surface area contributed by atoms with Gasteiger partial charge in [0.1, 0.15) is 5.82 Å². The zero-order chi connectivity index (χ0) is 20.4. The number of nitrogens with one attached hydrogen (secondary N) is 3. The first-order valence-electron chi connectivity index (χ1n) is 9.17. The summed E-state index contributed by atoms with van der Waals surface area (Å²) in [6.07, 6.45) is 0.691. The molecule has 0 heterocycles. The Morgan fingerprint density at radius 2 is 1.72 bits per heavy atom. The Morgan fingerprint density at radius 1 is 1.03 bits per heavy atom. The third-order valence-corrected chi connectivity index (χ3v) is 5.39. The summed E-state index contributed by atoms with van der Waals surface area (Å²) in [5.41, 5.74) is 2.63. The first-order valence-corrected chi connectivity index (χ1v) is 10.8. The van der Waals surface area contributed by atoms with E-state index in [1.54, 1.807) is 18.2 Å². The summed E-state index contributed by atoms with van der Waals surface area (Å²) in [5, 5.41) is 6.42. The van der Waals surface area contributed by atoms with Gasteiger partial charge in [0.2, 0.25) is 10.0 Å². The summed E-state index contributed by atoms with van der Waals surface area (Å²) in [6.45, 7) is 3.82. The Bertz CT molecular complexity index is 890. The van der Waals surface area contributed by atoms with Crippen LogP contribution in [0.2, 0.25) is 0 Å². The first kappa shape index (κ1) is 25.3. The topological polar surface area (TPSA) is 82.6 Å². The van der Waals surface area contributed by atoms with E-state index in [0.717, 1.165) is 23.2 Å². The highest BCUT2D eigenvalue weighted by molar-refractivity contribution is 14.0. The molecule has 2 aromatic carbocycles. The lowest BCUT2D eigenvalue weighted by Gasteiger charge is -2.11. The molecule has 0 aromatic heterocycles. The second kappa shape index (κ2) is 12.8. The van der Waals surface area contributed by atoms with Gasteiger partial charge in [0, 0.05) is 13.1 Å². The zero-order valence-corrected chi connectivity index (χ0v) is 19.8. The Balaban J connectivity index is 0.00000420. The molecular weight excluding hydrogens is 506 g/mol. The highest BCUT2D eigenvalue weighted by Gasteiger charge is 2.08. The minimum atomic E-state index is -3.28. The molecule has 0 aliphatic carbocycles. The predicted molar refractivity (Wildman–Crippen MR) is 126 cm³/mol. The highest BCUT2D eigenvalue weighted by atomic mass is 127. The Hall–Kier alpha value is -1.72. The lowest BCUT2D eigenvalue weighted by Crippen LogP contribution is -2.38. The number of sulfonamides is 1. The van der Waals surface area contributed by atoms with Crippen molar-refractivity contribution in [1.82, 2.24) is 15.4 Å². The number of halogens is 2. The van der Waals surface area contributed by atoms with Gasteiger partial charge in [0.05, 0.1) is 12.3 Å². The number of rotatable bonds is 9. The molecule has 0 fully saturated rings. The van der Waals surface area contributed by atoms with Crippen LogP contribution in [0.5, 0.6) is 0 Å². The number of hydrogen-bond acceptors (Lipinski definition) is 3. The Kier molecular flexibility index (Phi) is 11.1.